The molecule has 1 aromatic rings. The van der Waals surface area contributed by atoms with Gasteiger partial charge < -0.3 is 14.7 Å². The van der Waals surface area contributed by atoms with Crippen LogP contribution in [0.15, 0.2) is 4.52 Å². The minimum absolute atomic E-state index is 0.0888. The molecule has 0 bridgehead atoms. The monoisotopic (exact) mass is 280 g/mol. The van der Waals surface area contributed by atoms with Crippen molar-refractivity contribution in [3.05, 3.63) is 11.7 Å². The van der Waals surface area contributed by atoms with Gasteiger partial charge in [0.25, 0.3) is 0 Å². The summed E-state index contributed by atoms with van der Waals surface area (Å²) in [5.74, 6) is 0.708. The predicted molar refractivity (Wildman–Crippen MR) is 70.4 cm³/mol. The van der Waals surface area contributed by atoms with Crippen LogP contribution < -0.4 is 5.32 Å². The molecule has 1 aromatic heterocycles. The maximum Gasteiger partial charge on any atom is 0.246 e. The van der Waals surface area contributed by atoms with Crippen LogP contribution >= 0.6 is 0 Å². The number of carbonyl (C=O) groups is 2. The lowest BCUT2D eigenvalue weighted by Crippen LogP contribution is -2.63. The number of hydrogen-bond donors (Lipinski definition) is 1. The first-order valence-corrected chi connectivity index (χ1v) is 6.84. The van der Waals surface area contributed by atoms with Gasteiger partial charge in [0.2, 0.25) is 17.7 Å². The lowest BCUT2D eigenvalue weighted by Gasteiger charge is -2.38. The van der Waals surface area contributed by atoms with Crippen molar-refractivity contribution in [2.75, 3.05) is 0 Å². The van der Waals surface area contributed by atoms with Crippen molar-refractivity contribution < 1.29 is 14.1 Å². The van der Waals surface area contributed by atoms with Gasteiger partial charge in [0.05, 0.1) is 0 Å². The summed E-state index contributed by atoms with van der Waals surface area (Å²) in [7, 11) is 0. The van der Waals surface area contributed by atoms with Crippen molar-refractivity contribution >= 4 is 11.8 Å². The van der Waals surface area contributed by atoms with Gasteiger partial charge >= 0.3 is 0 Å². The summed E-state index contributed by atoms with van der Waals surface area (Å²) < 4.78 is 5.03. The molecule has 1 aliphatic heterocycles. The van der Waals surface area contributed by atoms with Gasteiger partial charge in [-0.1, -0.05) is 25.4 Å². The molecule has 2 amide bonds. The molecule has 0 radical (unpaired) electrons. The van der Waals surface area contributed by atoms with Gasteiger partial charge in [-0.05, 0) is 19.8 Å². The molecule has 0 aromatic carbocycles. The van der Waals surface area contributed by atoms with Gasteiger partial charge in [-0.25, -0.2) is 0 Å². The molecule has 3 atom stereocenters. The molecule has 0 saturated carbocycles. The number of piperazine rings is 1. The van der Waals surface area contributed by atoms with Crippen LogP contribution in [0.3, 0.4) is 0 Å². The number of rotatable bonds is 4. The molecule has 0 spiro atoms. The maximum absolute atomic E-state index is 12.5. The fourth-order valence-corrected chi connectivity index (χ4v) is 2.23. The summed E-state index contributed by atoms with van der Waals surface area (Å²) in [5, 5.41) is 6.49. The normalized spacial score (nSPS) is 24.7. The summed E-state index contributed by atoms with van der Waals surface area (Å²) in [6.07, 6.45) is 0.818. The zero-order valence-electron chi connectivity index (χ0n) is 12.2. The number of amides is 2. The molecule has 1 aliphatic rings. The van der Waals surface area contributed by atoms with Crippen molar-refractivity contribution in [2.45, 2.75) is 52.7 Å². The second kappa shape index (κ2) is 5.60. The molecule has 1 N–H and O–H groups in total. The number of hydrogen-bond acceptors (Lipinski definition) is 5. The smallest absolute Gasteiger partial charge is 0.246 e. The Morgan fingerprint density at radius 2 is 2.15 bits per heavy atom. The highest BCUT2D eigenvalue weighted by molar-refractivity contribution is 5.96. The van der Waals surface area contributed by atoms with Crippen molar-refractivity contribution in [3.8, 4) is 0 Å². The third-order valence-corrected chi connectivity index (χ3v) is 3.78. The van der Waals surface area contributed by atoms with Gasteiger partial charge in [-0.15, -0.1) is 0 Å². The number of carbonyl (C=O) groups excluding carboxylic acids is 2. The molecular weight excluding hydrogens is 260 g/mol. The average molecular weight is 280 g/mol. The highest BCUT2D eigenvalue weighted by Crippen LogP contribution is 2.19. The summed E-state index contributed by atoms with van der Waals surface area (Å²) in [6, 6.07) is -1.01. The summed E-state index contributed by atoms with van der Waals surface area (Å²) in [6.45, 7) is 7.52. The fourth-order valence-electron chi connectivity index (χ4n) is 2.23. The zero-order valence-corrected chi connectivity index (χ0v) is 12.2. The Hall–Kier alpha value is -1.92. The van der Waals surface area contributed by atoms with Gasteiger partial charge in [0, 0.05) is 0 Å². The molecule has 3 unspecified atom stereocenters. The molecule has 1 fully saturated rings. The number of nitrogens with zero attached hydrogens (tertiary/aromatic N) is 3. The molecule has 110 valence electrons. The van der Waals surface area contributed by atoms with Gasteiger partial charge in [-0.3, -0.25) is 9.59 Å². The van der Waals surface area contributed by atoms with Crippen molar-refractivity contribution in [1.82, 2.24) is 20.4 Å². The quantitative estimate of drug-likeness (QED) is 0.874. The van der Waals surface area contributed by atoms with E-state index in [9.17, 15) is 9.59 Å². The molecule has 0 aliphatic carbocycles. The molecule has 7 nitrogen and oxygen atoms in total. The Bertz CT molecular complexity index is 513. The molecule has 20 heavy (non-hydrogen) atoms. The van der Waals surface area contributed by atoms with Crippen molar-refractivity contribution in [1.29, 1.82) is 0 Å². The lowest BCUT2D eigenvalue weighted by molar-refractivity contribution is -0.151. The van der Waals surface area contributed by atoms with Crippen LogP contribution in [0.5, 0.6) is 0 Å². The molecular formula is C13H20N4O3. The van der Waals surface area contributed by atoms with E-state index in [1.807, 2.05) is 13.8 Å². The van der Waals surface area contributed by atoms with Gasteiger partial charge in [0.1, 0.15) is 18.6 Å². The minimum Gasteiger partial charge on any atom is -0.342 e. The molecule has 2 heterocycles. The van der Waals surface area contributed by atoms with Crippen LogP contribution in [0.2, 0.25) is 0 Å². The highest BCUT2D eigenvalue weighted by Gasteiger charge is 2.40. The molecule has 1 saturated heterocycles. The van der Waals surface area contributed by atoms with Gasteiger partial charge in [0.15, 0.2) is 5.82 Å². The lowest BCUT2D eigenvalue weighted by atomic mass is 9.94. The van der Waals surface area contributed by atoms with Crippen molar-refractivity contribution in [2.24, 2.45) is 5.92 Å². The van der Waals surface area contributed by atoms with Crippen LogP contribution in [0.4, 0.5) is 0 Å². The Kier molecular flexibility index (Phi) is 4.06. The van der Waals surface area contributed by atoms with E-state index in [1.165, 1.54) is 4.90 Å². The van der Waals surface area contributed by atoms with Crippen LogP contribution in [-0.4, -0.2) is 38.9 Å². The second-order valence-corrected chi connectivity index (χ2v) is 5.25. The van der Waals surface area contributed by atoms with E-state index in [4.69, 9.17) is 4.52 Å². The summed E-state index contributed by atoms with van der Waals surface area (Å²) >= 11 is 0. The van der Waals surface area contributed by atoms with Crippen molar-refractivity contribution in [3.63, 3.8) is 0 Å². The van der Waals surface area contributed by atoms with Crippen LogP contribution in [0, 0.1) is 12.8 Å². The topological polar surface area (TPSA) is 88.3 Å². The third kappa shape index (κ3) is 2.66. The van der Waals surface area contributed by atoms with E-state index < -0.39 is 12.1 Å². The predicted octanol–water partition coefficient (Wildman–Crippen LogP) is 0.640. The standard InChI is InChI=1S/C13H20N4O3/c1-5-7(2)11-13(19)17(8(3)12(18)15-11)6-10-14-9(4)16-20-10/h7-8,11H,5-6H2,1-4H3,(H,15,18). The fraction of sp³-hybridized carbons (Fsp3) is 0.692. The number of aryl methyl sites for hydroxylation is 1. The SMILES string of the molecule is CCC(C)C1NC(=O)C(C)N(Cc2nc(C)no2)C1=O. The van der Waals surface area contributed by atoms with E-state index >= 15 is 0 Å². The van der Waals surface area contributed by atoms with E-state index in [-0.39, 0.29) is 24.3 Å². The largest absolute Gasteiger partial charge is 0.342 e. The van der Waals surface area contributed by atoms with E-state index in [1.54, 1.807) is 13.8 Å². The first kappa shape index (κ1) is 14.5. The number of nitrogens with one attached hydrogen (secondary N) is 1. The Labute approximate surface area is 117 Å². The highest BCUT2D eigenvalue weighted by atomic mass is 16.5. The third-order valence-electron chi connectivity index (χ3n) is 3.78. The van der Waals surface area contributed by atoms with E-state index in [2.05, 4.69) is 15.5 Å². The molecule has 7 heteroatoms. The summed E-state index contributed by atoms with van der Waals surface area (Å²) in [4.78, 5) is 30.1. The Morgan fingerprint density at radius 3 is 2.70 bits per heavy atom. The number of aromatic nitrogens is 2. The Morgan fingerprint density at radius 1 is 1.45 bits per heavy atom. The minimum atomic E-state index is -0.532. The zero-order chi connectivity index (χ0) is 14.9. The van der Waals surface area contributed by atoms with Crippen LogP contribution in [-0.2, 0) is 16.1 Å². The van der Waals surface area contributed by atoms with E-state index in [0.717, 1.165) is 6.42 Å². The second-order valence-electron chi connectivity index (χ2n) is 5.25. The maximum atomic E-state index is 12.5. The Balaban J connectivity index is 2.19. The first-order chi connectivity index (χ1) is 9.43. The summed E-state index contributed by atoms with van der Waals surface area (Å²) in [5.41, 5.74) is 0. The van der Waals surface area contributed by atoms with E-state index in [0.29, 0.717) is 11.7 Å². The average Bonchev–Trinajstić information content (AvgIpc) is 2.83. The van der Waals surface area contributed by atoms with Gasteiger partial charge in [-0.2, -0.15) is 4.98 Å². The van der Waals surface area contributed by atoms with Crippen LogP contribution in [0.1, 0.15) is 38.9 Å². The van der Waals surface area contributed by atoms with Crippen LogP contribution in [0.25, 0.3) is 0 Å². The molecule has 2 rings (SSSR count). The first-order valence-electron chi connectivity index (χ1n) is 6.84.